The lowest BCUT2D eigenvalue weighted by Crippen LogP contribution is -2.10. The summed E-state index contributed by atoms with van der Waals surface area (Å²) in [4.78, 5) is 0. The number of hydrogen-bond donors (Lipinski definition) is 0. The van der Waals surface area contributed by atoms with Gasteiger partial charge in [0.05, 0.1) is 6.61 Å². The molecule has 0 heterocycles. The lowest BCUT2D eigenvalue weighted by Gasteiger charge is -2.08. The zero-order chi connectivity index (χ0) is 12.3. The van der Waals surface area contributed by atoms with E-state index < -0.39 is 0 Å². The highest BCUT2D eigenvalue weighted by atomic mass is 16.5. The van der Waals surface area contributed by atoms with Crippen LogP contribution >= 0.6 is 0 Å². The molecular weight excluding hydrogens is 208 g/mol. The summed E-state index contributed by atoms with van der Waals surface area (Å²) >= 11 is 0. The Kier molecular flexibility index (Phi) is 6.55. The van der Waals surface area contributed by atoms with Crippen molar-refractivity contribution < 1.29 is 4.74 Å². The number of benzene rings is 1. The molecule has 0 radical (unpaired) electrons. The Bertz CT molecular complexity index is 383. The van der Waals surface area contributed by atoms with Gasteiger partial charge in [0.2, 0.25) is 0 Å². The Labute approximate surface area is 104 Å². The molecule has 0 N–H and O–H groups in total. The topological polar surface area (TPSA) is 9.23 Å². The highest BCUT2D eigenvalue weighted by molar-refractivity contribution is 5.34. The zero-order valence-electron chi connectivity index (χ0n) is 10.1. The van der Waals surface area contributed by atoms with Crippen molar-refractivity contribution in [3.63, 3.8) is 0 Å². The van der Waals surface area contributed by atoms with Crippen LogP contribution < -0.4 is 0 Å². The fourth-order valence-electron chi connectivity index (χ4n) is 1.34. The van der Waals surface area contributed by atoms with Gasteiger partial charge in [-0.05, 0) is 25.0 Å². The summed E-state index contributed by atoms with van der Waals surface area (Å²) in [5.74, 6) is 6.26. The van der Waals surface area contributed by atoms with Crippen molar-refractivity contribution in [1.29, 1.82) is 0 Å². The number of hydrogen-bond acceptors (Lipinski definition) is 1. The normalized spacial score (nSPS) is 11.1. The standard InChI is InChI=1S/C16H18O/c1-3-5-11-16(17-14-4-2)13-12-15-9-7-6-8-10-15/h3-4,6-10,16H,1-2,5,11,14H2. The number of rotatable bonds is 6. The largest absolute Gasteiger partial charge is 0.361 e. The van der Waals surface area contributed by atoms with E-state index in [2.05, 4.69) is 25.0 Å². The van der Waals surface area contributed by atoms with Gasteiger partial charge in [0.25, 0.3) is 0 Å². The molecule has 0 aliphatic rings. The van der Waals surface area contributed by atoms with Gasteiger partial charge in [-0.15, -0.1) is 13.2 Å². The van der Waals surface area contributed by atoms with Crippen molar-refractivity contribution >= 4 is 0 Å². The molecule has 0 bridgehead atoms. The van der Waals surface area contributed by atoms with Gasteiger partial charge < -0.3 is 4.74 Å². The SMILES string of the molecule is C=CCCC(C#Cc1ccccc1)OCC=C. The summed E-state index contributed by atoms with van der Waals surface area (Å²) in [5, 5.41) is 0. The van der Waals surface area contributed by atoms with Gasteiger partial charge in [-0.3, -0.25) is 0 Å². The summed E-state index contributed by atoms with van der Waals surface area (Å²) in [6.07, 6.45) is 5.35. The van der Waals surface area contributed by atoms with Gasteiger partial charge in [0.1, 0.15) is 6.10 Å². The molecule has 0 aromatic heterocycles. The van der Waals surface area contributed by atoms with E-state index in [0.717, 1.165) is 18.4 Å². The average molecular weight is 226 g/mol. The van der Waals surface area contributed by atoms with Crippen molar-refractivity contribution in [2.75, 3.05) is 6.61 Å². The van der Waals surface area contributed by atoms with E-state index in [9.17, 15) is 0 Å². The quantitative estimate of drug-likeness (QED) is 0.532. The third kappa shape index (κ3) is 5.75. The molecule has 0 amide bonds. The van der Waals surface area contributed by atoms with E-state index in [1.54, 1.807) is 6.08 Å². The smallest absolute Gasteiger partial charge is 0.119 e. The monoisotopic (exact) mass is 226 g/mol. The second-order valence-corrected chi connectivity index (χ2v) is 3.61. The molecule has 0 saturated carbocycles. The molecule has 0 fully saturated rings. The Morgan fingerprint density at radius 2 is 1.94 bits per heavy atom. The van der Waals surface area contributed by atoms with Gasteiger partial charge in [-0.25, -0.2) is 0 Å². The van der Waals surface area contributed by atoms with Crippen molar-refractivity contribution in [3.8, 4) is 11.8 Å². The summed E-state index contributed by atoms with van der Waals surface area (Å²) < 4.78 is 5.58. The highest BCUT2D eigenvalue weighted by Gasteiger charge is 2.02. The van der Waals surface area contributed by atoms with Crippen molar-refractivity contribution in [1.82, 2.24) is 0 Å². The molecule has 0 spiro atoms. The van der Waals surface area contributed by atoms with Crippen molar-refractivity contribution in [3.05, 3.63) is 61.2 Å². The van der Waals surface area contributed by atoms with Gasteiger partial charge in [-0.2, -0.15) is 0 Å². The van der Waals surface area contributed by atoms with Gasteiger partial charge in [0.15, 0.2) is 0 Å². The molecule has 17 heavy (non-hydrogen) atoms. The van der Waals surface area contributed by atoms with Crippen LogP contribution in [0.15, 0.2) is 55.6 Å². The van der Waals surface area contributed by atoms with E-state index in [1.165, 1.54) is 0 Å². The minimum atomic E-state index is -0.0498. The summed E-state index contributed by atoms with van der Waals surface area (Å²) in [6.45, 7) is 7.88. The molecule has 1 aromatic carbocycles. The molecule has 0 saturated heterocycles. The maximum absolute atomic E-state index is 5.58. The van der Waals surface area contributed by atoms with E-state index in [-0.39, 0.29) is 6.10 Å². The minimum absolute atomic E-state index is 0.0498. The molecule has 1 heteroatoms. The summed E-state index contributed by atoms with van der Waals surface area (Å²) in [5.41, 5.74) is 1.01. The maximum Gasteiger partial charge on any atom is 0.119 e. The molecule has 1 nitrogen and oxygen atoms in total. The zero-order valence-corrected chi connectivity index (χ0v) is 10.1. The fourth-order valence-corrected chi connectivity index (χ4v) is 1.34. The summed E-state index contributed by atoms with van der Waals surface area (Å²) in [6, 6.07) is 9.92. The van der Waals surface area contributed by atoms with Crippen molar-refractivity contribution in [2.45, 2.75) is 18.9 Å². The van der Waals surface area contributed by atoms with Crippen LogP contribution in [-0.2, 0) is 4.74 Å². The molecule has 0 aliphatic carbocycles. The molecule has 0 aliphatic heterocycles. The first-order valence-electron chi connectivity index (χ1n) is 5.76. The molecule has 88 valence electrons. The predicted molar refractivity (Wildman–Crippen MR) is 72.7 cm³/mol. The van der Waals surface area contributed by atoms with E-state index >= 15 is 0 Å². The van der Waals surface area contributed by atoms with Crippen molar-refractivity contribution in [2.24, 2.45) is 0 Å². The Morgan fingerprint density at radius 3 is 2.59 bits per heavy atom. The van der Waals surface area contributed by atoms with Crippen LogP contribution in [0.4, 0.5) is 0 Å². The molecule has 1 rings (SSSR count). The highest BCUT2D eigenvalue weighted by Crippen LogP contribution is 2.03. The Morgan fingerprint density at radius 1 is 1.18 bits per heavy atom. The Balaban J connectivity index is 2.61. The fraction of sp³-hybridized carbons (Fsp3) is 0.250. The third-order valence-electron chi connectivity index (χ3n) is 2.20. The molecule has 1 aromatic rings. The molecule has 1 unspecified atom stereocenters. The van der Waals surface area contributed by atoms with E-state index in [0.29, 0.717) is 6.61 Å². The van der Waals surface area contributed by atoms with Crippen LogP contribution in [0.25, 0.3) is 0 Å². The van der Waals surface area contributed by atoms with Gasteiger partial charge >= 0.3 is 0 Å². The number of ether oxygens (including phenoxy) is 1. The second kappa shape index (κ2) is 8.38. The van der Waals surface area contributed by atoms with Crippen LogP contribution in [0, 0.1) is 11.8 Å². The van der Waals surface area contributed by atoms with Crippen LogP contribution in [0.1, 0.15) is 18.4 Å². The third-order valence-corrected chi connectivity index (χ3v) is 2.20. The van der Waals surface area contributed by atoms with E-state index in [4.69, 9.17) is 4.74 Å². The lowest BCUT2D eigenvalue weighted by atomic mass is 10.1. The lowest BCUT2D eigenvalue weighted by molar-refractivity contribution is 0.110. The van der Waals surface area contributed by atoms with Crippen LogP contribution in [0.5, 0.6) is 0 Å². The first kappa shape index (κ1) is 13.3. The Hall–Kier alpha value is -1.78. The van der Waals surface area contributed by atoms with Crippen LogP contribution in [0.2, 0.25) is 0 Å². The van der Waals surface area contributed by atoms with Crippen LogP contribution in [0.3, 0.4) is 0 Å². The van der Waals surface area contributed by atoms with Crippen LogP contribution in [-0.4, -0.2) is 12.7 Å². The first-order valence-corrected chi connectivity index (χ1v) is 5.76. The predicted octanol–water partition coefficient (Wildman–Crippen LogP) is 3.58. The average Bonchev–Trinajstić information content (AvgIpc) is 2.39. The first-order chi connectivity index (χ1) is 8.36. The maximum atomic E-state index is 5.58. The van der Waals surface area contributed by atoms with E-state index in [1.807, 2.05) is 36.4 Å². The summed E-state index contributed by atoms with van der Waals surface area (Å²) in [7, 11) is 0. The van der Waals surface area contributed by atoms with Gasteiger partial charge in [0, 0.05) is 5.56 Å². The van der Waals surface area contributed by atoms with Gasteiger partial charge in [-0.1, -0.05) is 42.2 Å². The second-order valence-electron chi connectivity index (χ2n) is 3.61. The minimum Gasteiger partial charge on any atom is -0.361 e. The number of allylic oxidation sites excluding steroid dienone is 1. The molecular formula is C16H18O. The molecule has 1 atom stereocenters.